The van der Waals surface area contributed by atoms with Crippen LogP contribution in [0.25, 0.3) is 0 Å². The second-order valence-corrected chi connectivity index (χ2v) is 6.25. The first-order valence-corrected chi connectivity index (χ1v) is 6.97. The summed E-state index contributed by atoms with van der Waals surface area (Å²) >= 11 is 3.05. The lowest BCUT2D eigenvalue weighted by molar-refractivity contribution is 0.0697. The predicted molar refractivity (Wildman–Crippen MR) is 66.7 cm³/mol. The number of carbonyl (C=O) groups is 1. The summed E-state index contributed by atoms with van der Waals surface area (Å²) in [4.78, 5) is 14.0. The van der Waals surface area contributed by atoms with Gasteiger partial charge in [-0.2, -0.15) is 11.8 Å². The molecule has 0 bridgehead atoms. The van der Waals surface area contributed by atoms with E-state index < -0.39 is 0 Å². The largest absolute Gasteiger partial charge is 0.374 e. The summed E-state index contributed by atoms with van der Waals surface area (Å²) in [5, 5.41) is 8.66. The van der Waals surface area contributed by atoms with Crippen LogP contribution >= 0.6 is 23.1 Å². The van der Waals surface area contributed by atoms with Crippen molar-refractivity contribution < 1.29 is 4.79 Å². The van der Waals surface area contributed by atoms with Gasteiger partial charge in [-0.15, -0.1) is 10.2 Å². The van der Waals surface area contributed by atoms with Crippen molar-refractivity contribution in [2.24, 2.45) is 0 Å². The van der Waals surface area contributed by atoms with E-state index >= 15 is 0 Å². The van der Waals surface area contributed by atoms with Crippen molar-refractivity contribution in [3.8, 4) is 0 Å². The van der Waals surface area contributed by atoms with Gasteiger partial charge in [-0.25, -0.2) is 0 Å². The molecule has 88 valence electrons. The topological polar surface area (TPSA) is 72.1 Å². The maximum atomic E-state index is 12.1. The minimum Gasteiger partial charge on any atom is -0.374 e. The van der Waals surface area contributed by atoms with Crippen LogP contribution in [0.4, 0.5) is 5.13 Å². The minimum atomic E-state index is -0.0474. The lowest BCUT2D eigenvalue weighted by atomic mass is 10.2. The van der Waals surface area contributed by atoms with Gasteiger partial charge in [-0.3, -0.25) is 4.79 Å². The Morgan fingerprint density at radius 1 is 1.50 bits per heavy atom. The third-order valence-electron chi connectivity index (χ3n) is 2.77. The van der Waals surface area contributed by atoms with E-state index in [9.17, 15) is 4.79 Å². The number of hydrogen-bond acceptors (Lipinski definition) is 6. The molecule has 0 aromatic carbocycles. The molecule has 2 rings (SSSR count). The van der Waals surface area contributed by atoms with Gasteiger partial charge in [0.15, 0.2) is 0 Å². The van der Waals surface area contributed by atoms with Gasteiger partial charge >= 0.3 is 0 Å². The molecule has 0 saturated carbocycles. The maximum Gasteiger partial charge on any atom is 0.285 e. The monoisotopic (exact) mass is 258 g/mol. The molecule has 0 aliphatic carbocycles. The highest BCUT2D eigenvalue weighted by atomic mass is 32.2. The lowest BCUT2D eigenvalue weighted by Gasteiger charge is -2.36. The average Bonchev–Trinajstić information content (AvgIpc) is 2.68. The molecule has 0 radical (unpaired) electrons. The first-order chi connectivity index (χ1) is 7.59. The Morgan fingerprint density at radius 3 is 2.88 bits per heavy atom. The third kappa shape index (κ3) is 2.15. The molecule has 2 N–H and O–H groups in total. The molecule has 1 aromatic rings. The highest BCUT2D eigenvalue weighted by Crippen LogP contribution is 2.26. The Morgan fingerprint density at radius 2 is 2.25 bits per heavy atom. The summed E-state index contributed by atoms with van der Waals surface area (Å²) in [6, 6.07) is 0.233. The van der Waals surface area contributed by atoms with E-state index in [0.29, 0.717) is 15.4 Å². The Kier molecular flexibility index (Phi) is 3.34. The molecule has 7 heteroatoms. The quantitative estimate of drug-likeness (QED) is 0.816. The standard InChI is InChI=1S/C9H14N4OS2/c1-5-6(2)15-4-3-13(5)8(14)7-11-12-9(10)16-7/h5-6H,3-4H2,1-2H3,(H2,10,12). The molecule has 1 saturated heterocycles. The minimum absolute atomic E-state index is 0.0474. The van der Waals surface area contributed by atoms with Crippen LogP contribution in [-0.2, 0) is 0 Å². The summed E-state index contributed by atoms with van der Waals surface area (Å²) in [7, 11) is 0. The van der Waals surface area contributed by atoms with Gasteiger partial charge in [0.05, 0.1) is 0 Å². The fraction of sp³-hybridized carbons (Fsp3) is 0.667. The van der Waals surface area contributed by atoms with Crippen LogP contribution in [-0.4, -0.2) is 44.6 Å². The van der Waals surface area contributed by atoms with Crippen molar-refractivity contribution in [1.29, 1.82) is 0 Å². The Labute approximate surface area is 102 Å². The summed E-state index contributed by atoms with van der Waals surface area (Å²) in [5.74, 6) is 0.930. The average molecular weight is 258 g/mol. The predicted octanol–water partition coefficient (Wildman–Crippen LogP) is 1.09. The zero-order valence-electron chi connectivity index (χ0n) is 9.21. The van der Waals surface area contributed by atoms with E-state index in [-0.39, 0.29) is 11.9 Å². The van der Waals surface area contributed by atoms with E-state index in [1.165, 1.54) is 0 Å². The van der Waals surface area contributed by atoms with Crippen LogP contribution in [0.15, 0.2) is 0 Å². The fourth-order valence-corrected chi connectivity index (χ4v) is 3.33. The van der Waals surface area contributed by atoms with Crippen LogP contribution in [0.2, 0.25) is 0 Å². The first kappa shape index (κ1) is 11.7. The van der Waals surface area contributed by atoms with Crippen LogP contribution in [0.5, 0.6) is 0 Å². The van der Waals surface area contributed by atoms with Gasteiger partial charge in [0, 0.05) is 23.6 Å². The van der Waals surface area contributed by atoms with Crippen molar-refractivity contribution >= 4 is 34.1 Å². The summed E-state index contributed by atoms with van der Waals surface area (Å²) < 4.78 is 0. The van der Waals surface area contributed by atoms with Crippen molar-refractivity contribution in [3.05, 3.63) is 5.01 Å². The van der Waals surface area contributed by atoms with Gasteiger partial charge < -0.3 is 10.6 Å². The third-order valence-corrected chi connectivity index (χ3v) is 4.85. The van der Waals surface area contributed by atoms with E-state index in [1.807, 2.05) is 16.7 Å². The van der Waals surface area contributed by atoms with Gasteiger partial charge in [-0.1, -0.05) is 18.3 Å². The molecule has 0 spiro atoms. The smallest absolute Gasteiger partial charge is 0.285 e. The van der Waals surface area contributed by atoms with E-state index in [0.717, 1.165) is 23.6 Å². The van der Waals surface area contributed by atoms with Gasteiger partial charge in [0.25, 0.3) is 5.91 Å². The van der Waals surface area contributed by atoms with Crippen LogP contribution in [0.1, 0.15) is 23.6 Å². The van der Waals surface area contributed by atoms with E-state index in [2.05, 4.69) is 24.0 Å². The highest BCUT2D eigenvalue weighted by molar-refractivity contribution is 8.00. The second kappa shape index (κ2) is 4.58. The lowest BCUT2D eigenvalue weighted by Crippen LogP contribution is -2.47. The number of nitrogen functional groups attached to an aromatic ring is 1. The molecular formula is C9H14N4OS2. The molecule has 1 aliphatic heterocycles. The molecule has 5 nitrogen and oxygen atoms in total. The van der Waals surface area contributed by atoms with Crippen LogP contribution in [0, 0.1) is 0 Å². The highest BCUT2D eigenvalue weighted by Gasteiger charge is 2.31. The number of aromatic nitrogens is 2. The van der Waals surface area contributed by atoms with Gasteiger partial charge in [0.1, 0.15) is 0 Å². The zero-order valence-corrected chi connectivity index (χ0v) is 10.8. The SMILES string of the molecule is CC1SCCN(C(=O)c2nnc(N)s2)C1C. The number of hydrogen-bond donors (Lipinski definition) is 1. The number of nitrogens with zero attached hydrogens (tertiary/aromatic N) is 3. The fourth-order valence-electron chi connectivity index (χ4n) is 1.66. The number of amides is 1. The van der Waals surface area contributed by atoms with Gasteiger partial charge in [-0.05, 0) is 6.92 Å². The Balaban J connectivity index is 2.15. The molecular weight excluding hydrogens is 244 g/mol. The maximum absolute atomic E-state index is 12.1. The normalized spacial score (nSPS) is 25.8. The van der Waals surface area contributed by atoms with Crippen molar-refractivity contribution in [2.45, 2.75) is 25.1 Å². The summed E-state index contributed by atoms with van der Waals surface area (Å²) in [5.41, 5.74) is 5.48. The number of thioether (sulfide) groups is 1. The number of nitrogens with two attached hydrogens (primary N) is 1. The van der Waals surface area contributed by atoms with Crippen molar-refractivity contribution in [2.75, 3.05) is 18.0 Å². The molecule has 1 aromatic heterocycles. The Bertz CT molecular complexity index is 395. The summed E-state index contributed by atoms with van der Waals surface area (Å²) in [6.07, 6.45) is 0. The second-order valence-electron chi connectivity index (χ2n) is 3.76. The molecule has 16 heavy (non-hydrogen) atoms. The number of anilines is 1. The van der Waals surface area contributed by atoms with Crippen molar-refractivity contribution in [1.82, 2.24) is 15.1 Å². The number of carbonyl (C=O) groups excluding carboxylic acids is 1. The van der Waals surface area contributed by atoms with Crippen LogP contribution < -0.4 is 5.73 Å². The first-order valence-electron chi connectivity index (χ1n) is 5.11. The van der Waals surface area contributed by atoms with E-state index in [4.69, 9.17) is 5.73 Å². The zero-order chi connectivity index (χ0) is 11.7. The Hall–Kier alpha value is -0.820. The molecule has 1 amide bonds. The van der Waals surface area contributed by atoms with Crippen molar-refractivity contribution in [3.63, 3.8) is 0 Å². The summed E-state index contributed by atoms with van der Waals surface area (Å²) in [6.45, 7) is 4.98. The van der Waals surface area contributed by atoms with E-state index in [1.54, 1.807) is 0 Å². The molecule has 1 fully saturated rings. The molecule has 2 unspecified atom stereocenters. The molecule has 2 heterocycles. The van der Waals surface area contributed by atoms with Crippen LogP contribution in [0.3, 0.4) is 0 Å². The van der Waals surface area contributed by atoms with Gasteiger partial charge in [0.2, 0.25) is 10.1 Å². The molecule has 2 atom stereocenters. The number of rotatable bonds is 1. The molecule has 1 aliphatic rings.